The van der Waals surface area contributed by atoms with Crippen molar-refractivity contribution in [1.82, 2.24) is 0 Å². The number of hydrogen-bond donors (Lipinski definition) is 1. The van der Waals surface area contributed by atoms with Crippen LogP contribution in [-0.2, 0) is 10.2 Å². The fourth-order valence-corrected chi connectivity index (χ4v) is 4.13. The van der Waals surface area contributed by atoms with Gasteiger partial charge in [0.2, 0.25) is 5.91 Å². The number of carbonyl (C=O) groups is 1. The van der Waals surface area contributed by atoms with Crippen LogP contribution in [0.3, 0.4) is 0 Å². The second kappa shape index (κ2) is 5.47. The summed E-state index contributed by atoms with van der Waals surface area (Å²) in [5.74, 6) is 2.57. The first kappa shape index (κ1) is 14.6. The van der Waals surface area contributed by atoms with Crippen molar-refractivity contribution < 1.29 is 4.79 Å². The maximum atomic E-state index is 12.2. The van der Waals surface area contributed by atoms with Crippen molar-refractivity contribution in [2.75, 3.05) is 5.32 Å². The summed E-state index contributed by atoms with van der Waals surface area (Å²) >= 11 is 0. The van der Waals surface area contributed by atoms with Crippen LogP contribution in [0.2, 0.25) is 0 Å². The molecule has 21 heavy (non-hydrogen) atoms. The zero-order valence-electron chi connectivity index (χ0n) is 13.5. The first-order valence-electron chi connectivity index (χ1n) is 8.32. The van der Waals surface area contributed by atoms with Gasteiger partial charge >= 0.3 is 0 Å². The Balaban J connectivity index is 1.55. The second-order valence-corrected chi connectivity index (χ2v) is 8.01. The largest absolute Gasteiger partial charge is 0.326 e. The fraction of sp³-hybridized carbons (Fsp3) is 0.632. The molecule has 1 N–H and O–H groups in total. The molecule has 0 spiro atoms. The van der Waals surface area contributed by atoms with Crippen LogP contribution in [0.5, 0.6) is 0 Å². The lowest BCUT2D eigenvalue weighted by atomic mass is 9.86. The summed E-state index contributed by atoms with van der Waals surface area (Å²) in [5, 5.41) is 3.07. The predicted molar refractivity (Wildman–Crippen MR) is 87.3 cm³/mol. The van der Waals surface area contributed by atoms with Crippen LogP contribution in [0.25, 0.3) is 0 Å². The van der Waals surface area contributed by atoms with Gasteiger partial charge in [0.1, 0.15) is 0 Å². The molecule has 3 rings (SSSR count). The molecule has 2 nitrogen and oxygen atoms in total. The fourth-order valence-electron chi connectivity index (χ4n) is 4.13. The van der Waals surface area contributed by atoms with Crippen molar-refractivity contribution in [3.63, 3.8) is 0 Å². The summed E-state index contributed by atoms with van der Waals surface area (Å²) < 4.78 is 0. The lowest BCUT2D eigenvalue weighted by Gasteiger charge is -2.21. The minimum Gasteiger partial charge on any atom is -0.326 e. The van der Waals surface area contributed by atoms with Crippen LogP contribution < -0.4 is 5.32 Å². The van der Waals surface area contributed by atoms with E-state index in [1.807, 2.05) is 12.1 Å². The van der Waals surface area contributed by atoms with Gasteiger partial charge in [0.15, 0.2) is 0 Å². The van der Waals surface area contributed by atoms with E-state index in [0.29, 0.717) is 12.3 Å². The van der Waals surface area contributed by atoms with Gasteiger partial charge in [0.05, 0.1) is 0 Å². The van der Waals surface area contributed by atoms with Gasteiger partial charge in [-0.2, -0.15) is 0 Å². The van der Waals surface area contributed by atoms with Gasteiger partial charge in [-0.25, -0.2) is 0 Å². The molecule has 2 heteroatoms. The number of nitrogens with one attached hydrogen (secondary N) is 1. The molecule has 0 unspecified atom stereocenters. The highest BCUT2D eigenvalue weighted by Crippen LogP contribution is 2.49. The van der Waals surface area contributed by atoms with Crippen LogP contribution in [0, 0.1) is 17.8 Å². The lowest BCUT2D eigenvalue weighted by molar-refractivity contribution is -0.117. The van der Waals surface area contributed by atoms with Crippen LogP contribution in [0.15, 0.2) is 24.3 Å². The van der Waals surface area contributed by atoms with E-state index in [2.05, 4.69) is 38.2 Å². The molecular formula is C19H27NO. The van der Waals surface area contributed by atoms with Crippen LogP contribution in [-0.4, -0.2) is 5.91 Å². The topological polar surface area (TPSA) is 29.1 Å². The molecule has 1 amide bonds. The van der Waals surface area contributed by atoms with Crippen molar-refractivity contribution in [1.29, 1.82) is 0 Å². The highest BCUT2D eigenvalue weighted by Gasteiger charge is 2.40. The molecule has 0 aromatic heterocycles. The smallest absolute Gasteiger partial charge is 0.224 e. The number of rotatable bonds is 3. The van der Waals surface area contributed by atoms with Gasteiger partial charge in [-0.15, -0.1) is 0 Å². The molecule has 114 valence electrons. The summed E-state index contributed by atoms with van der Waals surface area (Å²) in [4.78, 5) is 12.2. The molecule has 2 saturated carbocycles. The number of carbonyl (C=O) groups excluding carboxylic acids is 1. The first-order valence-corrected chi connectivity index (χ1v) is 8.32. The summed E-state index contributed by atoms with van der Waals surface area (Å²) in [6.45, 7) is 6.61. The molecule has 1 aromatic rings. The van der Waals surface area contributed by atoms with Gasteiger partial charge in [-0.3, -0.25) is 4.79 Å². The van der Waals surface area contributed by atoms with E-state index in [4.69, 9.17) is 0 Å². The van der Waals surface area contributed by atoms with Gasteiger partial charge in [0.25, 0.3) is 0 Å². The third-order valence-electron chi connectivity index (χ3n) is 5.37. The van der Waals surface area contributed by atoms with Gasteiger partial charge in [0, 0.05) is 12.1 Å². The van der Waals surface area contributed by atoms with Crippen molar-refractivity contribution >= 4 is 11.6 Å². The molecule has 2 fully saturated rings. The number of hydrogen-bond acceptors (Lipinski definition) is 1. The quantitative estimate of drug-likeness (QED) is 0.853. The van der Waals surface area contributed by atoms with Crippen LogP contribution >= 0.6 is 0 Å². The SMILES string of the molecule is CC(C)(C)c1ccc(NC(=O)C[C@H]2C[C@H]3CC[C@@H]2C3)cc1. The Bertz CT molecular complexity index is 511. The van der Waals surface area contributed by atoms with Gasteiger partial charge in [-0.05, 0) is 60.1 Å². The number of fused-ring (bicyclic) bond motifs is 2. The zero-order valence-corrected chi connectivity index (χ0v) is 13.5. The average Bonchev–Trinajstić information content (AvgIpc) is 3.00. The third-order valence-corrected chi connectivity index (χ3v) is 5.37. The Labute approximate surface area is 128 Å². The second-order valence-electron chi connectivity index (χ2n) is 8.01. The minimum atomic E-state index is 0.158. The normalized spacial score (nSPS) is 27.9. The predicted octanol–water partition coefficient (Wildman–Crippen LogP) is 4.75. The summed E-state index contributed by atoms with van der Waals surface area (Å²) in [7, 11) is 0. The van der Waals surface area contributed by atoms with E-state index in [9.17, 15) is 4.79 Å². The van der Waals surface area contributed by atoms with E-state index in [0.717, 1.165) is 17.5 Å². The molecule has 2 bridgehead atoms. The molecule has 0 heterocycles. The molecule has 0 radical (unpaired) electrons. The van der Waals surface area contributed by atoms with Crippen LogP contribution in [0.4, 0.5) is 5.69 Å². The summed E-state index contributed by atoms with van der Waals surface area (Å²) in [6, 6.07) is 8.29. The van der Waals surface area contributed by atoms with E-state index in [1.54, 1.807) is 0 Å². The highest BCUT2D eigenvalue weighted by molar-refractivity contribution is 5.90. The van der Waals surface area contributed by atoms with Crippen molar-refractivity contribution in [3.05, 3.63) is 29.8 Å². The first-order chi connectivity index (χ1) is 9.91. The summed E-state index contributed by atoms with van der Waals surface area (Å²) in [6.07, 6.45) is 6.11. The molecule has 3 atom stereocenters. The molecule has 2 aliphatic carbocycles. The molecular weight excluding hydrogens is 258 g/mol. The molecule has 0 saturated heterocycles. The monoisotopic (exact) mass is 285 g/mol. The number of anilines is 1. The minimum absolute atomic E-state index is 0.158. The highest BCUT2D eigenvalue weighted by atomic mass is 16.1. The maximum Gasteiger partial charge on any atom is 0.224 e. The Morgan fingerprint density at radius 3 is 2.38 bits per heavy atom. The Kier molecular flexibility index (Phi) is 3.81. The Morgan fingerprint density at radius 2 is 1.86 bits per heavy atom. The van der Waals surface area contributed by atoms with Crippen molar-refractivity contribution in [2.45, 2.75) is 58.3 Å². The third kappa shape index (κ3) is 3.30. The number of amides is 1. The van der Waals surface area contributed by atoms with Crippen molar-refractivity contribution in [3.8, 4) is 0 Å². The Hall–Kier alpha value is -1.31. The van der Waals surface area contributed by atoms with E-state index in [1.165, 1.54) is 31.2 Å². The van der Waals surface area contributed by atoms with Crippen molar-refractivity contribution in [2.24, 2.45) is 17.8 Å². The standard InChI is InChI=1S/C19H27NO/c1-19(2,3)16-6-8-17(9-7-16)20-18(21)12-15-11-13-4-5-14(15)10-13/h6-9,13-15H,4-5,10-12H2,1-3H3,(H,20,21)/t13-,14+,15+/m0/s1. The zero-order chi connectivity index (χ0) is 15.0. The van der Waals surface area contributed by atoms with Crippen LogP contribution in [0.1, 0.15) is 58.4 Å². The summed E-state index contributed by atoms with van der Waals surface area (Å²) in [5.41, 5.74) is 2.38. The molecule has 0 aliphatic heterocycles. The van der Waals surface area contributed by atoms with E-state index >= 15 is 0 Å². The van der Waals surface area contributed by atoms with Gasteiger partial charge < -0.3 is 5.32 Å². The van der Waals surface area contributed by atoms with E-state index in [-0.39, 0.29) is 11.3 Å². The molecule has 1 aromatic carbocycles. The molecule has 2 aliphatic rings. The van der Waals surface area contributed by atoms with Gasteiger partial charge in [-0.1, -0.05) is 39.3 Å². The Morgan fingerprint density at radius 1 is 1.14 bits per heavy atom. The maximum absolute atomic E-state index is 12.2. The average molecular weight is 285 g/mol. The number of benzene rings is 1. The lowest BCUT2D eigenvalue weighted by Crippen LogP contribution is -2.20. The van der Waals surface area contributed by atoms with E-state index < -0.39 is 0 Å².